The number of halogens is 1. The van der Waals surface area contributed by atoms with E-state index < -0.39 is 5.97 Å². The number of ether oxygens (including phenoxy) is 2. The van der Waals surface area contributed by atoms with Crippen LogP contribution < -0.4 is 9.64 Å². The smallest absolute Gasteiger partial charge is 0.335 e. The molecule has 2 heterocycles. The Labute approximate surface area is 124 Å². The molecule has 1 aromatic carbocycles. The van der Waals surface area contributed by atoms with Crippen LogP contribution in [0.1, 0.15) is 16.8 Å². The van der Waals surface area contributed by atoms with Crippen molar-refractivity contribution in [3.63, 3.8) is 0 Å². The van der Waals surface area contributed by atoms with Crippen molar-refractivity contribution in [1.82, 2.24) is 0 Å². The number of benzene rings is 1. The molecular weight excluding hydrogens is 326 g/mol. The Morgan fingerprint density at radius 1 is 1.50 bits per heavy atom. The average Bonchev–Trinajstić information content (AvgIpc) is 2.41. The fourth-order valence-corrected chi connectivity index (χ4v) is 2.70. The number of hydrogen-bond donors (Lipinski definition) is 1. The number of alkyl halides is 1. The van der Waals surface area contributed by atoms with Crippen LogP contribution in [0.3, 0.4) is 0 Å². The predicted octanol–water partition coefficient (Wildman–Crippen LogP) is 2.61. The quantitative estimate of drug-likeness (QED) is 0.854. The number of aromatic carboxylic acids is 1. The van der Waals surface area contributed by atoms with Crippen LogP contribution in [-0.4, -0.2) is 35.7 Å². The summed E-state index contributed by atoms with van der Waals surface area (Å²) in [5.74, 6) is -0.276. The lowest BCUT2D eigenvalue weighted by atomic mass is 10.1. The van der Waals surface area contributed by atoms with Gasteiger partial charge in [0.1, 0.15) is 12.0 Å². The Morgan fingerprint density at radius 2 is 2.30 bits per heavy atom. The van der Waals surface area contributed by atoms with Gasteiger partial charge in [0, 0.05) is 18.5 Å². The molecule has 0 amide bonds. The van der Waals surface area contributed by atoms with E-state index in [4.69, 9.17) is 14.6 Å². The first-order valence-corrected chi connectivity index (χ1v) is 7.49. The van der Waals surface area contributed by atoms with Gasteiger partial charge in [-0.15, -0.1) is 0 Å². The number of fused-ring (bicyclic) bond motifs is 1. The van der Waals surface area contributed by atoms with Crippen LogP contribution in [0.4, 0.5) is 5.69 Å². The molecule has 1 aromatic rings. The Kier molecular flexibility index (Phi) is 3.67. The van der Waals surface area contributed by atoms with Gasteiger partial charge in [-0.3, -0.25) is 0 Å². The Balaban J connectivity index is 1.95. The highest BCUT2D eigenvalue weighted by molar-refractivity contribution is 9.09. The minimum absolute atomic E-state index is 0.192. The molecule has 3 rings (SSSR count). The highest BCUT2D eigenvalue weighted by Crippen LogP contribution is 2.37. The van der Waals surface area contributed by atoms with Gasteiger partial charge in [0.15, 0.2) is 0 Å². The fraction of sp³-hybridized carbons (Fsp3) is 0.357. The molecule has 1 N–H and O–H groups in total. The van der Waals surface area contributed by atoms with E-state index in [2.05, 4.69) is 20.8 Å². The van der Waals surface area contributed by atoms with Crippen molar-refractivity contribution in [2.45, 2.75) is 12.5 Å². The van der Waals surface area contributed by atoms with Gasteiger partial charge in [-0.05, 0) is 24.6 Å². The number of carboxylic acid groups (broad SMARTS) is 1. The van der Waals surface area contributed by atoms with E-state index in [0.29, 0.717) is 17.6 Å². The van der Waals surface area contributed by atoms with Gasteiger partial charge in [0.2, 0.25) is 0 Å². The molecule has 0 unspecified atom stereocenters. The Bertz CT molecular complexity index is 568. The van der Waals surface area contributed by atoms with Gasteiger partial charge < -0.3 is 19.5 Å². The third-order valence-electron chi connectivity index (χ3n) is 3.48. The first-order valence-electron chi connectivity index (χ1n) is 6.37. The molecule has 0 saturated carbocycles. The molecule has 0 spiro atoms. The molecule has 0 aromatic heterocycles. The van der Waals surface area contributed by atoms with Crippen LogP contribution in [-0.2, 0) is 4.74 Å². The van der Waals surface area contributed by atoms with Crippen LogP contribution in [0.15, 0.2) is 30.2 Å². The lowest BCUT2D eigenvalue weighted by Crippen LogP contribution is -2.41. The summed E-state index contributed by atoms with van der Waals surface area (Å²) in [6, 6.07) is 4.88. The average molecular weight is 340 g/mol. The summed E-state index contributed by atoms with van der Waals surface area (Å²) in [4.78, 5) is 13.2. The molecular formula is C14H14BrNO4. The van der Waals surface area contributed by atoms with Crippen LogP contribution in [0, 0.1) is 0 Å². The number of carbonyl (C=O) groups is 1. The van der Waals surface area contributed by atoms with Gasteiger partial charge in [-0.2, -0.15) is 0 Å². The molecule has 0 bridgehead atoms. The maximum Gasteiger partial charge on any atom is 0.335 e. The lowest BCUT2D eigenvalue weighted by molar-refractivity contribution is -0.0439. The Hall–Kier alpha value is -1.53. The van der Waals surface area contributed by atoms with E-state index in [-0.39, 0.29) is 11.7 Å². The van der Waals surface area contributed by atoms with Gasteiger partial charge >= 0.3 is 5.97 Å². The summed E-state index contributed by atoms with van der Waals surface area (Å²) >= 11 is 3.43. The number of anilines is 1. The molecule has 106 valence electrons. The summed E-state index contributed by atoms with van der Waals surface area (Å²) in [7, 11) is 0. The molecule has 5 nitrogen and oxygen atoms in total. The number of rotatable bonds is 4. The zero-order valence-corrected chi connectivity index (χ0v) is 12.3. The highest BCUT2D eigenvalue weighted by Gasteiger charge is 2.28. The predicted molar refractivity (Wildman–Crippen MR) is 77.6 cm³/mol. The first-order chi connectivity index (χ1) is 9.69. The molecule has 2 aliphatic rings. The van der Waals surface area contributed by atoms with Gasteiger partial charge in [-0.1, -0.05) is 15.9 Å². The topological polar surface area (TPSA) is 59.0 Å². The number of nitrogens with zero attached hydrogens (tertiary/aromatic N) is 1. The van der Waals surface area contributed by atoms with Gasteiger partial charge in [0.25, 0.3) is 0 Å². The van der Waals surface area contributed by atoms with Crippen LogP contribution >= 0.6 is 15.9 Å². The van der Waals surface area contributed by atoms with Crippen molar-refractivity contribution in [3.05, 3.63) is 35.7 Å². The molecule has 2 aliphatic heterocycles. The van der Waals surface area contributed by atoms with E-state index >= 15 is 0 Å². The third kappa shape index (κ3) is 2.41. The SMILES string of the molecule is O=C(O)c1ccc2c(c1)N(C[C@@H]1CCO1)C(CBr)=CO2. The van der Waals surface area contributed by atoms with E-state index in [1.807, 2.05) is 0 Å². The maximum atomic E-state index is 11.1. The van der Waals surface area contributed by atoms with E-state index in [1.165, 1.54) is 0 Å². The van der Waals surface area contributed by atoms with Crippen molar-refractivity contribution < 1.29 is 19.4 Å². The monoisotopic (exact) mass is 339 g/mol. The van der Waals surface area contributed by atoms with E-state index in [0.717, 1.165) is 24.4 Å². The maximum absolute atomic E-state index is 11.1. The summed E-state index contributed by atoms with van der Waals surface area (Å²) in [5.41, 5.74) is 1.98. The fourth-order valence-electron chi connectivity index (χ4n) is 2.26. The third-order valence-corrected chi connectivity index (χ3v) is 4.06. The van der Waals surface area contributed by atoms with Crippen molar-refractivity contribution in [2.75, 3.05) is 23.4 Å². The largest absolute Gasteiger partial charge is 0.478 e. The van der Waals surface area contributed by atoms with Crippen LogP contribution in [0.2, 0.25) is 0 Å². The van der Waals surface area contributed by atoms with E-state index in [1.54, 1.807) is 24.5 Å². The molecule has 1 atom stereocenters. The summed E-state index contributed by atoms with van der Waals surface area (Å²) in [5, 5.41) is 9.76. The second-order valence-electron chi connectivity index (χ2n) is 4.74. The highest BCUT2D eigenvalue weighted by atomic mass is 79.9. The second-order valence-corrected chi connectivity index (χ2v) is 5.30. The van der Waals surface area contributed by atoms with Crippen molar-refractivity contribution >= 4 is 27.6 Å². The van der Waals surface area contributed by atoms with Gasteiger partial charge in [-0.25, -0.2) is 4.79 Å². The minimum atomic E-state index is -0.942. The van der Waals surface area contributed by atoms with Crippen LogP contribution in [0.5, 0.6) is 5.75 Å². The van der Waals surface area contributed by atoms with Crippen molar-refractivity contribution in [2.24, 2.45) is 0 Å². The van der Waals surface area contributed by atoms with Crippen molar-refractivity contribution in [3.8, 4) is 5.75 Å². The molecule has 1 fully saturated rings. The number of allylic oxidation sites excluding steroid dienone is 1. The molecule has 1 saturated heterocycles. The Morgan fingerprint density at radius 3 is 2.90 bits per heavy atom. The molecule has 20 heavy (non-hydrogen) atoms. The lowest BCUT2D eigenvalue weighted by Gasteiger charge is -2.37. The van der Waals surface area contributed by atoms with Gasteiger partial charge in [0.05, 0.1) is 23.1 Å². The standard InChI is InChI=1S/C14H14BrNO4/c15-6-10-8-20-13-2-1-9(14(17)18)5-12(13)16(10)7-11-3-4-19-11/h1-2,5,8,11H,3-4,6-7H2,(H,17,18)/t11-/m0/s1. The normalized spacial score (nSPS) is 20.6. The summed E-state index contributed by atoms with van der Waals surface area (Å²) < 4.78 is 11.0. The zero-order chi connectivity index (χ0) is 14.1. The minimum Gasteiger partial charge on any atom is -0.478 e. The molecule has 0 aliphatic carbocycles. The zero-order valence-electron chi connectivity index (χ0n) is 10.7. The van der Waals surface area contributed by atoms with Crippen LogP contribution in [0.25, 0.3) is 0 Å². The molecule has 6 heteroatoms. The van der Waals surface area contributed by atoms with Crippen molar-refractivity contribution in [1.29, 1.82) is 0 Å². The van der Waals surface area contributed by atoms with E-state index in [9.17, 15) is 4.79 Å². The number of carboxylic acids is 1. The summed E-state index contributed by atoms with van der Waals surface area (Å²) in [6.45, 7) is 1.50. The first kappa shape index (κ1) is 13.5. The summed E-state index contributed by atoms with van der Waals surface area (Å²) in [6.07, 6.45) is 2.91. The molecule has 0 radical (unpaired) electrons. The second kappa shape index (κ2) is 5.46. The number of hydrogen-bond acceptors (Lipinski definition) is 4.